The van der Waals surface area contributed by atoms with Crippen LogP contribution in [0.5, 0.6) is 5.75 Å². The average Bonchev–Trinajstić information content (AvgIpc) is 2.35. The van der Waals surface area contributed by atoms with Gasteiger partial charge in [0, 0.05) is 6.04 Å². The number of para-hydroxylation sites is 2. The van der Waals surface area contributed by atoms with Crippen molar-refractivity contribution in [3.05, 3.63) is 24.3 Å². The van der Waals surface area contributed by atoms with Crippen LogP contribution in [0.15, 0.2) is 24.3 Å². The predicted octanol–water partition coefficient (Wildman–Crippen LogP) is 1.30. The first-order valence-corrected chi connectivity index (χ1v) is 8.00. The van der Waals surface area contributed by atoms with Gasteiger partial charge >= 0.3 is 0 Å². The number of ether oxygens (including phenoxy) is 1. The van der Waals surface area contributed by atoms with Crippen LogP contribution in [0.1, 0.15) is 13.8 Å². The lowest BCUT2D eigenvalue weighted by molar-refractivity contribution is -0.116. The molecule has 1 N–H and O–H groups in total. The normalized spacial score (nSPS) is 11.7. The molecule has 0 saturated carbocycles. The standard InChI is InChI=1S/C13H20N2O4S/c1-10(2)15(20(4,17)18)9-13(16)14-11-7-5-6-8-12(11)19-3/h5-8,10H,9H2,1-4H3,(H,14,16). The van der Waals surface area contributed by atoms with E-state index in [2.05, 4.69) is 5.32 Å². The van der Waals surface area contributed by atoms with Gasteiger partial charge in [-0.2, -0.15) is 4.31 Å². The van der Waals surface area contributed by atoms with Crippen molar-refractivity contribution in [1.82, 2.24) is 4.31 Å². The van der Waals surface area contributed by atoms with Gasteiger partial charge in [0.25, 0.3) is 0 Å². The molecule has 0 aliphatic carbocycles. The molecule has 0 bridgehead atoms. The van der Waals surface area contributed by atoms with Crippen molar-refractivity contribution in [3.8, 4) is 5.75 Å². The van der Waals surface area contributed by atoms with Crippen LogP contribution < -0.4 is 10.1 Å². The van der Waals surface area contributed by atoms with E-state index in [0.29, 0.717) is 11.4 Å². The third kappa shape index (κ3) is 4.50. The van der Waals surface area contributed by atoms with E-state index in [9.17, 15) is 13.2 Å². The zero-order valence-corrected chi connectivity index (χ0v) is 12.9. The first kappa shape index (κ1) is 16.5. The molecule has 0 saturated heterocycles. The van der Waals surface area contributed by atoms with E-state index in [0.717, 1.165) is 10.6 Å². The van der Waals surface area contributed by atoms with Crippen LogP contribution in [0.4, 0.5) is 5.69 Å². The van der Waals surface area contributed by atoms with Crippen LogP contribution >= 0.6 is 0 Å². The Labute approximate surface area is 119 Å². The number of sulfonamides is 1. The molecule has 1 aromatic rings. The topological polar surface area (TPSA) is 75.7 Å². The van der Waals surface area contributed by atoms with E-state index in [4.69, 9.17) is 4.74 Å². The van der Waals surface area contributed by atoms with Gasteiger partial charge < -0.3 is 10.1 Å². The highest BCUT2D eigenvalue weighted by molar-refractivity contribution is 7.88. The van der Waals surface area contributed by atoms with Gasteiger partial charge in [-0.1, -0.05) is 12.1 Å². The molecule has 0 heterocycles. The Bertz CT molecular complexity index is 569. The molecule has 0 spiro atoms. The lowest BCUT2D eigenvalue weighted by atomic mass is 10.3. The molecule has 0 radical (unpaired) electrons. The monoisotopic (exact) mass is 300 g/mol. The molecule has 1 aromatic carbocycles. The molecule has 0 fully saturated rings. The van der Waals surface area contributed by atoms with Crippen LogP contribution in [-0.4, -0.2) is 44.6 Å². The summed E-state index contributed by atoms with van der Waals surface area (Å²) in [5, 5.41) is 2.65. The van der Waals surface area contributed by atoms with Crippen LogP contribution in [0.25, 0.3) is 0 Å². The number of nitrogens with one attached hydrogen (secondary N) is 1. The number of nitrogens with zero attached hydrogens (tertiary/aromatic N) is 1. The van der Waals surface area contributed by atoms with Crippen molar-refractivity contribution >= 4 is 21.6 Å². The molecule has 6 nitrogen and oxygen atoms in total. The van der Waals surface area contributed by atoms with Gasteiger partial charge in [0.05, 0.1) is 25.6 Å². The smallest absolute Gasteiger partial charge is 0.239 e. The molecule has 112 valence electrons. The highest BCUT2D eigenvalue weighted by Gasteiger charge is 2.23. The fourth-order valence-electron chi connectivity index (χ4n) is 1.76. The molecule has 20 heavy (non-hydrogen) atoms. The van der Waals surface area contributed by atoms with Gasteiger partial charge in [-0.3, -0.25) is 4.79 Å². The summed E-state index contributed by atoms with van der Waals surface area (Å²) in [6.45, 7) is 3.21. The maximum Gasteiger partial charge on any atom is 0.239 e. The summed E-state index contributed by atoms with van der Waals surface area (Å²) in [6, 6.07) is 6.66. The van der Waals surface area contributed by atoms with E-state index in [1.807, 2.05) is 0 Å². The van der Waals surface area contributed by atoms with E-state index < -0.39 is 15.9 Å². The zero-order chi connectivity index (χ0) is 15.3. The minimum absolute atomic E-state index is 0.228. The fraction of sp³-hybridized carbons (Fsp3) is 0.462. The predicted molar refractivity (Wildman–Crippen MR) is 78.3 cm³/mol. The average molecular weight is 300 g/mol. The number of methoxy groups -OCH3 is 1. The van der Waals surface area contributed by atoms with Gasteiger partial charge in [0.1, 0.15) is 5.75 Å². The van der Waals surface area contributed by atoms with Crippen molar-refractivity contribution in [3.63, 3.8) is 0 Å². The molecule has 0 aliphatic heterocycles. The lowest BCUT2D eigenvalue weighted by Crippen LogP contribution is -2.41. The van der Waals surface area contributed by atoms with Crippen molar-refractivity contribution in [1.29, 1.82) is 0 Å². The van der Waals surface area contributed by atoms with E-state index in [-0.39, 0.29) is 12.6 Å². The fourth-order valence-corrected chi connectivity index (χ4v) is 2.88. The first-order valence-electron chi connectivity index (χ1n) is 6.15. The van der Waals surface area contributed by atoms with E-state index in [1.54, 1.807) is 38.1 Å². The van der Waals surface area contributed by atoms with Crippen LogP contribution in [-0.2, 0) is 14.8 Å². The zero-order valence-electron chi connectivity index (χ0n) is 12.1. The minimum Gasteiger partial charge on any atom is -0.495 e. The number of carbonyl (C=O) groups is 1. The molecular weight excluding hydrogens is 280 g/mol. The Morgan fingerprint density at radius 1 is 1.35 bits per heavy atom. The Morgan fingerprint density at radius 3 is 2.45 bits per heavy atom. The Morgan fingerprint density at radius 2 is 1.95 bits per heavy atom. The number of carbonyl (C=O) groups excluding carboxylic acids is 1. The van der Waals surface area contributed by atoms with Crippen molar-refractivity contribution in [2.75, 3.05) is 25.2 Å². The molecule has 1 amide bonds. The van der Waals surface area contributed by atoms with E-state index in [1.165, 1.54) is 7.11 Å². The summed E-state index contributed by atoms with van der Waals surface area (Å²) in [5.41, 5.74) is 0.511. The van der Waals surface area contributed by atoms with Gasteiger partial charge in [-0.05, 0) is 26.0 Å². The van der Waals surface area contributed by atoms with Crippen LogP contribution in [0, 0.1) is 0 Å². The number of hydrogen-bond donors (Lipinski definition) is 1. The van der Waals surface area contributed by atoms with Gasteiger partial charge in [-0.15, -0.1) is 0 Å². The second kappa shape index (κ2) is 6.71. The second-order valence-corrected chi connectivity index (χ2v) is 6.59. The molecule has 0 aromatic heterocycles. The van der Waals surface area contributed by atoms with Gasteiger partial charge in [0.2, 0.25) is 15.9 Å². The molecular formula is C13H20N2O4S. The number of amides is 1. The Kier molecular flexibility index (Phi) is 5.52. The van der Waals surface area contributed by atoms with Crippen LogP contribution in [0.2, 0.25) is 0 Å². The number of benzene rings is 1. The maximum atomic E-state index is 12.0. The van der Waals surface area contributed by atoms with Crippen molar-refractivity contribution in [2.45, 2.75) is 19.9 Å². The summed E-state index contributed by atoms with van der Waals surface area (Å²) in [7, 11) is -1.92. The Hall–Kier alpha value is -1.60. The third-order valence-electron chi connectivity index (χ3n) is 2.68. The summed E-state index contributed by atoms with van der Waals surface area (Å²) in [5.74, 6) is 0.116. The summed E-state index contributed by atoms with van der Waals surface area (Å²) < 4.78 is 29.5. The molecule has 0 unspecified atom stereocenters. The van der Waals surface area contributed by atoms with Gasteiger partial charge in [-0.25, -0.2) is 8.42 Å². The first-order chi connectivity index (χ1) is 9.25. The highest BCUT2D eigenvalue weighted by atomic mass is 32.2. The minimum atomic E-state index is -3.43. The quantitative estimate of drug-likeness (QED) is 0.859. The lowest BCUT2D eigenvalue weighted by Gasteiger charge is -2.23. The van der Waals surface area contributed by atoms with Crippen molar-refractivity contribution < 1.29 is 17.9 Å². The second-order valence-electron chi connectivity index (χ2n) is 4.65. The Balaban J connectivity index is 2.81. The SMILES string of the molecule is COc1ccccc1NC(=O)CN(C(C)C)S(C)(=O)=O. The molecule has 0 aliphatic rings. The maximum absolute atomic E-state index is 12.0. The number of hydrogen-bond acceptors (Lipinski definition) is 4. The number of rotatable bonds is 6. The molecule has 0 atom stereocenters. The van der Waals surface area contributed by atoms with E-state index >= 15 is 0 Å². The number of anilines is 1. The largest absolute Gasteiger partial charge is 0.495 e. The summed E-state index contributed by atoms with van der Waals surface area (Å²) >= 11 is 0. The van der Waals surface area contributed by atoms with Crippen LogP contribution in [0.3, 0.4) is 0 Å². The van der Waals surface area contributed by atoms with Gasteiger partial charge in [0.15, 0.2) is 0 Å². The third-order valence-corrected chi connectivity index (χ3v) is 4.09. The molecule has 7 heteroatoms. The summed E-state index contributed by atoms with van der Waals surface area (Å²) in [4.78, 5) is 12.0. The molecule has 1 rings (SSSR count). The summed E-state index contributed by atoms with van der Waals surface area (Å²) in [6.07, 6.45) is 1.09. The van der Waals surface area contributed by atoms with Crippen molar-refractivity contribution in [2.24, 2.45) is 0 Å². The highest BCUT2D eigenvalue weighted by Crippen LogP contribution is 2.23.